The molecule has 1 amide bonds. The first-order chi connectivity index (χ1) is 7.95. The van der Waals surface area contributed by atoms with Gasteiger partial charge in [-0.25, -0.2) is 4.79 Å². The number of nitrogens with one attached hydrogen (secondary N) is 1. The third-order valence-corrected chi connectivity index (χ3v) is 3.62. The molecule has 0 radical (unpaired) electrons. The predicted octanol–water partition coefficient (Wildman–Crippen LogP) is 2.65. The smallest absolute Gasteiger partial charge is 0.326 e. The van der Waals surface area contributed by atoms with E-state index >= 15 is 0 Å². The summed E-state index contributed by atoms with van der Waals surface area (Å²) in [5.74, 6) is -1.39. The standard InChI is InChI=1S/C11H11BrINO3/c1-2-9(11(16)17)14-10(15)7-5-6(12)3-4-8(7)13/h3-5,9H,2H2,1H3,(H,14,15)(H,16,17)/t9-/m1/s1. The Morgan fingerprint density at radius 3 is 2.71 bits per heavy atom. The highest BCUT2D eigenvalue weighted by Gasteiger charge is 2.19. The molecule has 1 aromatic carbocycles. The first kappa shape index (κ1) is 14.4. The molecule has 17 heavy (non-hydrogen) atoms. The lowest BCUT2D eigenvalue weighted by Gasteiger charge is -2.13. The van der Waals surface area contributed by atoms with Crippen LogP contribution in [0.25, 0.3) is 0 Å². The van der Waals surface area contributed by atoms with Gasteiger partial charge in [-0.2, -0.15) is 0 Å². The summed E-state index contributed by atoms with van der Waals surface area (Å²) in [7, 11) is 0. The Morgan fingerprint density at radius 2 is 2.18 bits per heavy atom. The summed E-state index contributed by atoms with van der Waals surface area (Å²) in [4.78, 5) is 22.7. The van der Waals surface area contributed by atoms with Crippen molar-refractivity contribution in [2.75, 3.05) is 0 Å². The highest BCUT2D eigenvalue weighted by atomic mass is 127. The molecular weight excluding hydrogens is 401 g/mol. The van der Waals surface area contributed by atoms with Crippen molar-refractivity contribution in [3.8, 4) is 0 Å². The van der Waals surface area contributed by atoms with Crippen LogP contribution in [0.1, 0.15) is 23.7 Å². The predicted molar refractivity (Wildman–Crippen MR) is 76.0 cm³/mol. The molecule has 0 spiro atoms. The minimum Gasteiger partial charge on any atom is -0.480 e. The first-order valence-electron chi connectivity index (χ1n) is 4.94. The number of hydrogen-bond acceptors (Lipinski definition) is 2. The topological polar surface area (TPSA) is 66.4 Å². The number of benzene rings is 1. The monoisotopic (exact) mass is 411 g/mol. The quantitative estimate of drug-likeness (QED) is 0.748. The number of carbonyl (C=O) groups is 2. The number of carboxylic acids is 1. The fraction of sp³-hybridized carbons (Fsp3) is 0.273. The van der Waals surface area contributed by atoms with Crippen molar-refractivity contribution in [2.24, 2.45) is 0 Å². The van der Waals surface area contributed by atoms with E-state index in [1.807, 2.05) is 28.7 Å². The minimum atomic E-state index is -1.02. The van der Waals surface area contributed by atoms with Crippen LogP contribution in [0.5, 0.6) is 0 Å². The van der Waals surface area contributed by atoms with Crippen molar-refractivity contribution in [1.29, 1.82) is 0 Å². The number of amides is 1. The fourth-order valence-electron chi connectivity index (χ4n) is 1.25. The van der Waals surface area contributed by atoms with E-state index in [0.29, 0.717) is 12.0 Å². The summed E-state index contributed by atoms with van der Waals surface area (Å²) >= 11 is 5.32. The van der Waals surface area contributed by atoms with Gasteiger partial charge in [0.05, 0.1) is 5.56 Å². The number of hydrogen-bond donors (Lipinski definition) is 2. The third-order valence-electron chi connectivity index (χ3n) is 2.18. The van der Waals surface area contributed by atoms with Crippen LogP contribution < -0.4 is 5.32 Å². The molecule has 1 rings (SSSR count). The lowest BCUT2D eigenvalue weighted by molar-refractivity contribution is -0.139. The van der Waals surface area contributed by atoms with E-state index in [2.05, 4.69) is 21.2 Å². The maximum atomic E-state index is 11.9. The second-order valence-electron chi connectivity index (χ2n) is 3.40. The van der Waals surface area contributed by atoms with Crippen LogP contribution in [-0.4, -0.2) is 23.0 Å². The second kappa shape index (κ2) is 6.34. The van der Waals surface area contributed by atoms with Gasteiger partial charge >= 0.3 is 5.97 Å². The number of carboxylic acid groups (broad SMARTS) is 1. The van der Waals surface area contributed by atoms with Crippen LogP contribution in [0.3, 0.4) is 0 Å². The minimum absolute atomic E-state index is 0.353. The molecule has 0 unspecified atom stereocenters. The lowest BCUT2D eigenvalue weighted by Crippen LogP contribution is -2.40. The summed E-state index contributed by atoms with van der Waals surface area (Å²) in [5.41, 5.74) is 0.472. The third kappa shape index (κ3) is 3.95. The summed E-state index contributed by atoms with van der Waals surface area (Å²) in [6, 6.07) is 4.44. The molecule has 0 aliphatic heterocycles. The van der Waals surface area contributed by atoms with E-state index in [-0.39, 0.29) is 5.91 Å². The van der Waals surface area contributed by atoms with Crippen molar-refractivity contribution in [3.63, 3.8) is 0 Å². The fourth-order valence-corrected chi connectivity index (χ4v) is 2.19. The SMILES string of the molecule is CC[C@@H](NC(=O)c1cc(Br)ccc1I)C(=O)O. The Labute approximate surface area is 121 Å². The zero-order chi connectivity index (χ0) is 13.0. The molecule has 1 atom stereocenters. The average molecular weight is 412 g/mol. The Morgan fingerprint density at radius 1 is 1.53 bits per heavy atom. The number of carbonyl (C=O) groups excluding carboxylic acids is 1. The van der Waals surface area contributed by atoms with Gasteiger partial charge in [-0.3, -0.25) is 4.79 Å². The van der Waals surface area contributed by atoms with Crippen molar-refractivity contribution in [3.05, 3.63) is 31.8 Å². The van der Waals surface area contributed by atoms with Crippen LogP contribution in [0.4, 0.5) is 0 Å². The molecule has 6 heteroatoms. The number of aliphatic carboxylic acids is 1. The lowest BCUT2D eigenvalue weighted by atomic mass is 10.1. The van der Waals surface area contributed by atoms with Gasteiger partial charge in [0.2, 0.25) is 0 Å². The maximum absolute atomic E-state index is 11.9. The molecule has 0 aliphatic carbocycles. The molecule has 0 aromatic heterocycles. The van der Waals surface area contributed by atoms with Crippen molar-refractivity contribution in [2.45, 2.75) is 19.4 Å². The summed E-state index contributed by atoms with van der Waals surface area (Å²) < 4.78 is 1.56. The second-order valence-corrected chi connectivity index (χ2v) is 5.47. The highest BCUT2D eigenvalue weighted by Crippen LogP contribution is 2.18. The maximum Gasteiger partial charge on any atom is 0.326 e. The Bertz CT molecular complexity index is 450. The zero-order valence-corrected chi connectivity index (χ0v) is 12.8. The van der Waals surface area contributed by atoms with Crippen LogP contribution in [0.15, 0.2) is 22.7 Å². The van der Waals surface area contributed by atoms with Gasteiger partial charge in [0.15, 0.2) is 0 Å². The molecule has 0 fully saturated rings. The van der Waals surface area contributed by atoms with Gasteiger partial charge < -0.3 is 10.4 Å². The molecule has 4 nitrogen and oxygen atoms in total. The average Bonchev–Trinajstić information content (AvgIpc) is 2.28. The molecule has 92 valence electrons. The van der Waals surface area contributed by atoms with Gasteiger partial charge in [0.1, 0.15) is 6.04 Å². The van der Waals surface area contributed by atoms with Gasteiger partial charge in [0, 0.05) is 8.04 Å². The van der Waals surface area contributed by atoms with E-state index in [1.165, 1.54) is 0 Å². The Kier molecular flexibility index (Phi) is 5.38. The Hall–Kier alpha value is -0.630. The van der Waals surface area contributed by atoms with Crippen LogP contribution in [0.2, 0.25) is 0 Å². The van der Waals surface area contributed by atoms with E-state index < -0.39 is 12.0 Å². The van der Waals surface area contributed by atoms with Crippen molar-refractivity contribution < 1.29 is 14.7 Å². The van der Waals surface area contributed by atoms with Crippen molar-refractivity contribution in [1.82, 2.24) is 5.32 Å². The molecule has 1 aromatic rings. The van der Waals surface area contributed by atoms with E-state index in [9.17, 15) is 9.59 Å². The summed E-state index contributed by atoms with van der Waals surface area (Å²) in [6.07, 6.45) is 0.353. The molecule has 0 heterocycles. The van der Waals surface area contributed by atoms with E-state index in [1.54, 1.807) is 19.1 Å². The first-order valence-corrected chi connectivity index (χ1v) is 6.81. The van der Waals surface area contributed by atoms with Crippen LogP contribution >= 0.6 is 38.5 Å². The molecule has 0 saturated carbocycles. The van der Waals surface area contributed by atoms with Crippen molar-refractivity contribution >= 4 is 50.4 Å². The van der Waals surface area contributed by atoms with Gasteiger partial charge in [-0.05, 0) is 47.2 Å². The van der Waals surface area contributed by atoms with Crippen LogP contribution in [0, 0.1) is 3.57 Å². The summed E-state index contributed by atoms with van der Waals surface area (Å²) in [6.45, 7) is 1.71. The number of halogens is 2. The molecule has 0 aliphatic rings. The Balaban J connectivity index is 2.89. The van der Waals surface area contributed by atoms with E-state index in [4.69, 9.17) is 5.11 Å². The normalized spacial score (nSPS) is 11.9. The van der Waals surface area contributed by atoms with Gasteiger partial charge in [-0.15, -0.1) is 0 Å². The summed E-state index contributed by atoms with van der Waals surface area (Å²) in [5, 5.41) is 11.4. The highest BCUT2D eigenvalue weighted by molar-refractivity contribution is 14.1. The van der Waals surface area contributed by atoms with Gasteiger partial charge in [-0.1, -0.05) is 22.9 Å². The number of rotatable bonds is 4. The molecule has 0 saturated heterocycles. The molecular formula is C11H11BrINO3. The molecule has 0 bridgehead atoms. The zero-order valence-electron chi connectivity index (χ0n) is 9.04. The van der Waals surface area contributed by atoms with E-state index in [0.717, 1.165) is 8.04 Å². The molecule has 2 N–H and O–H groups in total. The van der Waals surface area contributed by atoms with Gasteiger partial charge in [0.25, 0.3) is 5.91 Å². The van der Waals surface area contributed by atoms with Crippen LogP contribution in [-0.2, 0) is 4.79 Å². The largest absolute Gasteiger partial charge is 0.480 e.